The summed E-state index contributed by atoms with van der Waals surface area (Å²) >= 11 is 0. The van der Waals surface area contributed by atoms with E-state index < -0.39 is 0 Å². The number of benzene rings is 1. The van der Waals surface area contributed by atoms with Crippen LogP contribution in [0.15, 0.2) is 42.1 Å². The zero-order valence-corrected chi connectivity index (χ0v) is 21.1. The maximum absolute atomic E-state index is 6.43. The van der Waals surface area contributed by atoms with Crippen LogP contribution in [-0.4, -0.2) is 21.9 Å². The first kappa shape index (κ1) is 21.6. The first-order chi connectivity index (χ1) is 15.7. The number of nitrogens with zero attached hydrogens (tertiary/aromatic N) is 1. The van der Waals surface area contributed by atoms with Crippen molar-refractivity contribution in [2.75, 3.05) is 0 Å². The number of H-pyrrole nitrogens is 1. The minimum Gasteiger partial charge on any atom is -0.372 e. The van der Waals surface area contributed by atoms with Crippen molar-refractivity contribution >= 4 is 16.5 Å². The molecular formula is C30H40N2O. The lowest BCUT2D eigenvalue weighted by Crippen LogP contribution is -2.50. The number of aromatic amines is 1. The number of allylic oxidation sites excluding steroid dienone is 3. The van der Waals surface area contributed by atoms with E-state index in [1.165, 1.54) is 49.5 Å². The monoisotopic (exact) mass is 444 g/mol. The van der Waals surface area contributed by atoms with Crippen molar-refractivity contribution in [2.45, 2.75) is 91.3 Å². The standard InChI is InChI=1S/C30H40N2O/c1-28(2,3)33-22-12-14-29(4)21(17-22)8-9-23-25-11-10-24(30(25,5)15-13-26(23)29)19-6-7-20-18-31-32-27(20)16-19/h6-8,10,16,18,22-23,25-26H,9,11-15,17H2,1-5H3,(H,31,32)/t22-,23+,25+,26+,29+,30-/m1/s1. The third-order valence-electron chi connectivity index (χ3n) is 9.91. The molecule has 2 saturated carbocycles. The van der Waals surface area contributed by atoms with Gasteiger partial charge in [-0.05, 0) is 112 Å². The SMILES string of the molecule is CC(C)(C)O[C@@H]1CC[C@@]2(C)C(=CC[C@@H]3[C@@H]2CC[C@]2(C)C(c4ccc5cn[nH]c5c4)=CC[C@@H]32)C1. The number of hydrogen-bond acceptors (Lipinski definition) is 2. The number of ether oxygens (including phenoxy) is 1. The van der Waals surface area contributed by atoms with E-state index in [0.29, 0.717) is 16.9 Å². The van der Waals surface area contributed by atoms with Gasteiger partial charge in [-0.15, -0.1) is 0 Å². The van der Waals surface area contributed by atoms with Gasteiger partial charge in [0.15, 0.2) is 0 Å². The van der Waals surface area contributed by atoms with Crippen molar-refractivity contribution in [1.82, 2.24) is 10.2 Å². The van der Waals surface area contributed by atoms with Crippen LogP contribution < -0.4 is 0 Å². The van der Waals surface area contributed by atoms with Crippen LogP contribution in [0.1, 0.15) is 85.1 Å². The number of rotatable bonds is 2. The van der Waals surface area contributed by atoms with Gasteiger partial charge in [0.05, 0.1) is 23.4 Å². The highest BCUT2D eigenvalue weighted by atomic mass is 16.5. The minimum absolute atomic E-state index is 0.0477. The lowest BCUT2D eigenvalue weighted by molar-refractivity contribution is -0.0894. The van der Waals surface area contributed by atoms with E-state index in [2.05, 4.69) is 75.2 Å². The van der Waals surface area contributed by atoms with Crippen molar-refractivity contribution in [3.63, 3.8) is 0 Å². The fourth-order valence-electron chi connectivity index (χ4n) is 8.35. The second-order valence-electron chi connectivity index (χ2n) is 12.8. The molecule has 0 aliphatic heterocycles. The Morgan fingerprint density at radius 2 is 1.82 bits per heavy atom. The molecule has 4 aliphatic carbocycles. The Kier molecular flexibility index (Phi) is 4.80. The van der Waals surface area contributed by atoms with E-state index in [1.807, 2.05) is 6.20 Å². The van der Waals surface area contributed by atoms with Crippen LogP contribution in [-0.2, 0) is 4.74 Å². The second kappa shape index (κ2) is 7.31. The molecule has 0 spiro atoms. The van der Waals surface area contributed by atoms with E-state index in [1.54, 1.807) is 11.1 Å². The summed E-state index contributed by atoms with van der Waals surface area (Å²) in [5, 5.41) is 8.60. The lowest BCUT2D eigenvalue weighted by atomic mass is 9.47. The average Bonchev–Trinajstić information content (AvgIpc) is 3.36. The van der Waals surface area contributed by atoms with Crippen LogP contribution in [0.3, 0.4) is 0 Å². The van der Waals surface area contributed by atoms with E-state index in [9.17, 15) is 0 Å². The maximum atomic E-state index is 6.43. The molecule has 1 aromatic heterocycles. The van der Waals surface area contributed by atoms with Crippen LogP contribution in [0.25, 0.3) is 16.5 Å². The summed E-state index contributed by atoms with van der Waals surface area (Å²) in [4.78, 5) is 0. The molecule has 1 N–H and O–H groups in total. The molecule has 6 rings (SSSR count). The largest absolute Gasteiger partial charge is 0.372 e. The van der Waals surface area contributed by atoms with E-state index in [-0.39, 0.29) is 5.60 Å². The highest BCUT2D eigenvalue weighted by Crippen LogP contribution is 2.66. The Hall–Kier alpha value is -1.87. The van der Waals surface area contributed by atoms with Gasteiger partial charge < -0.3 is 4.74 Å². The van der Waals surface area contributed by atoms with Crippen molar-refractivity contribution in [1.29, 1.82) is 0 Å². The smallest absolute Gasteiger partial charge is 0.0656 e. The zero-order chi connectivity index (χ0) is 23.0. The first-order valence-corrected chi connectivity index (χ1v) is 13.2. The molecule has 0 bridgehead atoms. The molecule has 4 aliphatic rings. The lowest BCUT2D eigenvalue weighted by Gasteiger charge is -2.58. The number of hydrogen-bond donors (Lipinski definition) is 1. The van der Waals surface area contributed by atoms with E-state index >= 15 is 0 Å². The molecule has 6 atom stereocenters. The Bertz CT molecular complexity index is 1130. The van der Waals surface area contributed by atoms with Crippen molar-refractivity contribution in [2.24, 2.45) is 28.6 Å². The summed E-state index contributed by atoms with van der Waals surface area (Å²) in [7, 11) is 0. The minimum atomic E-state index is -0.0477. The molecule has 3 nitrogen and oxygen atoms in total. The summed E-state index contributed by atoms with van der Waals surface area (Å²) in [5.41, 5.74) is 6.47. The summed E-state index contributed by atoms with van der Waals surface area (Å²) in [6.07, 6.45) is 16.4. The van der Waals surface area contributed by atoms with Gasteiger partial charge in [0.2, 0.25) is 0 Å². The third-order valence-corrected chi connectivity index (χ3v) is 9.91. The van der Waals surface area contributed by atoms with E-state index in [4.69, 9.17) is 4.74 Å². The van der Waals surface area contributed by atoms with Crippen LogP contribution in [0.2, 0.25) is 0 Å². The fourth-order valence-corrected chi connectivity index (χ4v) is 8.35. The molecular weight excluding hydrogens is 404 g/mol. The first-order valence-electron chi connectivity index (χ1n) is 13.2. The van der Waals surface area contributed by atoms with Gasteiger partial charge in [0.25, 0.3) is 0 Å². The topological polar surface area (TPSA) is 37.9 Å². The van der Waals surface area contributed by atoms with Gasteiger partial charge in [-0.1, -0.05) is 43.7 Å². The highest BCUT2D eigenvalue weighted by Gasteiger charge is 2.57. The summed E-state index contributed by atoms with van der Waals surface area (Å²) in [6.45, 7) is 11.8. The van der Waals surface area contributed by atoms with Gasteiger partial charge in [-0.2, -0.15) is 5.10 Å². The molecule has 0 saturated heterocycles. The van der Waals surface area contributed by atoms with Gasteiger partial charge in [0.1, 0.15) is 0 Å². The predicted octanol–water partition coefficient (Wildman–Crippen LogP) is 7.70. The number of fused-ring (bicyclic) bond motifs is 6. The quantitative estimate of drug-likeness (QED) is 0.482. The Labute approximate surface area is 199 Å². The average molecular weight is 445 g/mol. The van der Waals surface area contributed by atoms with E-state index in [0.717, 1.165) is 29.7 Å². The van der Waals surface area contributed by atoms with Crippen molar-refractivity contribution in [3.8, 4) is 0 Å². The number of nitrogens with one attached hydrogen (secondary N) is 1. The third kappa shape index (κ3) is 3.37. The molecule has 2 aromatic rings. The summed E-state index contributed by atoms with van der Waals surface area (Å²) in [6, 6.07) is 6.87. The van der Waals surface area contributed by atoms with Crippen molar-refractivity contribution < 1.29 is 4.74 Å². The van der Waals surface area contributed by atoms with Crippen LogP contribution in [0.4, 0.5) is 0 Å². The molecule has 176 valence electrons. The molecule has 3 heteroatoms. The zero-order valence-electron chi connectivity index (χ0n) is 21.1. The highest BCUT2D eigenvalue weighted by molar-refractivity contribution is 5.84. The van der Waals surface area contributed by atoms with Crippen molar-refractivity contribution in [3.05, 3.63) is 47.7 Å². The maximum Gasteiger partial charge on any atom is 0.0656 e. The molecule has 0 radical (unpaired) electrons. The normalized spacial score (nSPS) is 38.3. The fraction of sp³-hybridized carbons (Fsp3) is 0.633. The van der Waals surface area contributed by atoms with Gasteiger partial charge >= 0.3 is 0 Å². The van der Waals surface area contributed by atoms with Crippen LogP contribution in [0.5, 0.6) is 0 Å². The van der Waals surface area contributed by atoms with Gasteiger partial charge in [-0.25, -0.2) is 0 Å². The second-order valence-corrected chi connectivity index (χ2v) is 12.8. The Balaban J connectivity index is 1.26. The van der Waals surface area contributed by atoms with Crippen LogP contribution >= 0.6 is 0 Å². The molecule has 0 unspecified atom stereocenters. The molecule has 0 amide bonds. The summed E-state index contributed by atoms with van der Waals surface area (Å²) < 4.78 is 6.43. The molecule has 1 aromatic carbocycles. The van der Waals surface area contributed by atoms with Gasteiger partial charge in [0, 0.05) is 5.39 Å². The summed E-state index contributed by atoms with van der Waals surface area (Å²) in [5.74, 6) is 2.40. The molecule has 1 heterocycles. The van der Waals surface area contributed by atoms with Crippen LogP contribution in [0, 0.1) is 28.6 Å². The number of aromatic nitrogens is 2. The van der Waals surface area contributed by atoms with Gasteiger partial charge in [-0.3, -0.25) is 5.10 Å². The predicted molar refractivity (Wildman–Crippen MR) is 136 cm³/mol. The molecule has 2 fully saturated rings. The molecule has 33 heavy (non-hydrogen) atoms. The Morgan fingerprint density at radius 3 is 2.64 bits per heavy atom. The Morgan fingerprint density at radius 1 is 1.00 bits per heavy atom.